The zero-order chi connectivity index (χ0) is 18.9. The molecule has 7 nitrogen and oxygen atoms in total. The Hall–Kier alpha value is -2.04. The second-order valence-electron chi connectivity index (χ2n) is 6.49. The molecule has 1 aromatic carbocycles. The lowest BCUT2D eigenvalue weighted by Gasteiger charge is -2.22. The highest BCUT2D eigenvalue weighted by Gasteiger charge is 2.33. The molecule has 1 aliphatic rings. The molecule has 0 unspecified atom stereocenters. The van der Waals surface area contributed by atoms with Crippen molar-refractivity contribution in [1.29, 1.82) is 0 Å². The number of anilines is 1. The molecule has 1 aromatic heterocycles. The van der Waals surface area contributed by atoms with Crippen molar-refractivity contribution in [2.45, 2.75) is 25.0 Å². The van der Waals surface area contributed by atoms with Gasteiger partial charge in [-0.25, -0.2) is 17.2 Å². The zero-order valence-electron chi connectivity index (χ0n) is 14.1. The van der Waals surface area contributed by atoms with Gasteiger partial charge in [-0.15, -0.1) is 0 Å². The van der Waals surface area contributed by atoms with E-state index in [9.17, 15) is 22.3 Å². The van der Waals surface area contributed by atoms with E-state index in [1.165, 1.54) is 12.3 Å². The van der Waals surface area contributed by atoms with E-state index in [1.54, 1.807) is 10.9 Å². The third-order valence-corrected chi connectivity index (χ3v) is 4.97. The summed E-state index contributed by atoms with van der Waals surface area (Å²) in [5, 5.41) is 13.8. The van der Waals surface area contributed by atoms with E-state index in [1.807, 2.05) is 4.90 Å². The molecule has 142 valence electrons. The van der Waals surface area contributed by atoms with Crippen LogP contribution in [0.2, 0.25) is 0 Å². The first-order valence-corrected chi connectivity index (χ1v) is 9.95. The van der Waals surface area contributed by atoms with E-state index in [0.29, 0.717) is 30.8 Å². The van der Waals surface area contributed by atoms with Crippen LogP contribution in [0.1, 0.15) is 18.0 Å². The Morgan fingerprint density at radius 1 is 1.35 bits per heavy atom. The van der Waals surface area contributed by atoms with E-state index in [2.05, 4.69) is 9.82 Å². The third-order valence-electron chi connectivity index (χ3n) is 4.37. The standard InChI is InChI=1S/C16H20F2N4O3S/c1-26(24,25)20-12-6-19-22(8-12)13-5-14(10-23)21(9-13)7-11-2-3-15(17)16(18)4-11/h2-4,6,8,13-14,20,23H,5,7,9-10H2,1H3/t13-,14-/m0/s1. The van der Waals surface area contributed by atoms with Crippen molar-refractivity contribution >= 4 is 15.7 Å². The summed E-state index contributed by atoms with van der Waals surface area (Å²) in [6, 6.07) is 3.54. The van der Waals surface area contributed by atoms with Crippen LogP contribution in [0.15, 0.2) is 30.6 Å². The van der Waals surface area contributed by atoms with Crippen LogP contribution in [0, 0.1) is 11.6 Å². The molecule has 0 amide bonds. The molecule has 2 aromatic rings. The Kier molecular flexibility index (Phi) is 5.26. The van der Waals surface area contributed by atoms with Crippen LogP contribution >= 0.6 is 0 Å². The number of likely N-dealkylation sites (tertiary alicyclic amines) is 1. The zero-order valence-corrected chi connectivity index (χ0v) is 15.0. The van der Waals surface area contributed by atoms with Crippen LogP contribution in [0.3, 0.4) is 0 Å². The maximum absolute atomic E-state index is 13.4. The SMILES string of the molecule is CS(=O)(=O)Nc1cnn([C@H]2C[C@@H](CO)N(Cc3ccc(F)c(F)c3)C2)c1. The van der Waals surface area contributed by atoms with Crippen LogP contribution in [0.25, 0.3) is 0 Å². The minimum absolute atomic E-state index is 0.0624. The van der Waals surface area contributed by atoms with Gasteiger partial charge in [0.2, 0.25) is 10.0 Å². The molecular weight excluding hydrogens is 366 g/mol. The summed E-state index contributed by atoms with van der Waals surface area (Å²) < 4.78 is 53.1. The molecule has 0 bridgehead atoms. The summed E-state index contributed by atoms with van der Waals surface area (Å²) in [4.78, 5) is 1.97. The first-order chi connectivity index (χ1) is 12.2. The number of aliphatic hydroxyl groups is 1. The molecule has 26 heavy (non-hydrogen) atoms. The largest absolute Gasteiger partial charge is 0.395 e. The molecule has 10 heteroatoms. The highest BCUT2D eigenvalue weighted by Crippen LogP contribution is 2.29. The molecule has 3 rings (SSSR count). The molecule has 1 aliphatic heterocycles. The normalized spacial score (nSPS) is 21.2. The van der Waals surface area contributed by atoms with Gasteiger partial charge in [-0.05, 0) is 24.1 Å². The number of aromatic nitrogens is 2. The lowest BCUT2D eigenvalue weighted by molar-refractivity contribution is 0.153. The van der Waals surface area contributed by atoms with Gasteiger partial charge in [-0.3, -0.25) is 14.3 Å². The fourth-order valence-electron chi connectivity index (χ4n) is 3.21. The molecular formula is C16H20F2N4O3S. The first kappa shape index (κ1) is 18.7. The smallest absolute Gasteiger partial charge is 0.229 e. The van der Waals surface area contributed by atoms with Crippen molar-refractivity contribution in [3.05, 3.63) is 47.8 Å². The second kappa shape index (κ2) is 7.29. The van der Waals surface area contributed by atoms with Crippen molar-refractivity contribution in [3.8, 4) is 0 Å². The maximum atomic E-state index is 13.4. The van der Waals surface area contributed by atoms with Gasteiger partial charge in [0.25, 0.3) is 0 Å². The minimum atomic E-state index is -3.38. The molecule has 2 N–H and O–H groups in total. The van der Waals surface area contributed by atoms with Crippen molar-refractivity contribution in [3.63, 3.8) is 0 Å². The van der Waals surface area contributed by atoms with E-state index in [0.717, 1.165) is 18.4 Å². The van der Waals surface area contributed by atoms with E-state index in [4.69, 9.17) is 0 Å². The predicted molar refractivity (Wildman–Crippen MR) is 92.0 cm³/mol. The average molecular weight is 386 g/mol. The minimum Gasteiger partial charge on any atom is -0.395 e. The Balaban J connectivity index is 1.71. The lowest BCUT2D eigenvalue weighted by atomic mass is 10.1. The highest BCUT2D eigenvalue weighted by molar-refractivity contribution is 7.92. The van der Waals surface area contributed by atoms with Crippen molar-refractivity contribution in [1.82, 2.24) is 14.7 Å². The maximum Gasteiger partial charge on any atom is 0.229 e. The van der Waals surface area contributed by atoms with Gasteiger partial charge >= 0.3 is 0 Å². The summed E-state index contributed by atoms with van der Waals surface area (Å²) in [7, 11) is -3.38. The number of hydrogen-bond acceptors (Lipinski definition) is 5. The van der Waals surface area contributed by atoms with Gasteiger partial charge in [-0.1, -0.05) is 6.07 Å². The van der Waals surface area contributed by atoms with Crippen LogP contribution in [-0.4, -0.2) is 53.7 Å². The molecule has 0 saturated carbocycles. The van der Waals surface area contributed by atoms with Gasteiger partial charge < -0.3 is 5.11 Å². The summed E-state index contributed by atoms with van der Waals surface area (Å²) in [5.74, 6) is -1.79. The number of nitrogens with one attached hydrogen (secondary N) is 1. The summed E-state index contributed by atoms with van der Waals surface area (Å²) in [5.41, 5.74) is 0.981. The van der Waals surface area contributed by atoms with Gasteiger partial charge in [0.15, 0.2) is 11.6 Å². The monoisotopic (exact) mass is 386 g/mol. The Bertz CT molecular complexity index is 887. The van der Waals surface area contributed by atoms with Crippen molar-refractivity contribution in [2.75, 3.05) is 24.1 Å². The van der Waals surface area contributed by atoms with E-state index < -0.39 is 21.7 Å². The Morgan fingerprint density at radius 3 is 2.77 bits per heavy atom. The molecule has 1 fully saturated rings. The van der Waals surface area contributed by atoms with Gasteiger partial charge in [0.05, 0.1) is 30.8 Å². The van der Waals surface area contributed by atoms with Crippen molar-refractivity contribution in [2.24, 2.45) is 0 Å². The van der Waals surface area contributed by atoms with Gasteiger partial charge in [0, 0.05) is 25.3 Å². The average Bonchev–Trinajstić information content (AvgIpc) is 3.16. The van der Waals surface area contributed by atoms with E-state index >= 15 is 0 Å². The predicted octanol–water partition coefficient (Wildman–Crippen LogP) is 1.34. The fraction of sp³-hybridized carbons (Fsp3) is 0.438. The molecule has 2 atom stereocenters. The molecule has 2 heterocycles. The first-order valence-electron chi connectivity index (χ1n) is 8.06. The number of benzene rings is 1. The summed E-state index contributed by atoms with van der Waals surface area (Å²) in [6.07, 6.45) is 4.69. The quantitative estimate of drug-likeness (QED) is 0.782. The third kappa shape index (κ3) is 4.37. The van der Waals surface area contributed by atoms with E-state index in [-0.39, 0.29) is 18.7 Å². The number of hydrogen-bond donors (Lipinski definition) is 2. The van der Waals surface area contributed by atoms with Crippen molar-refractivity contribution < 1.29 is 22.3 Å². The Labute approximate surface area is 150 Å². The van der Waals surface area contributed by atoms with Gasteiger partial charge in [0.1, 0.15) is 0 Å². The number of nitrogens with zero attached hydrogens (tertiary/aromatic N) is 3. The summed E-state index contributed by atoms with van der Waals surface area (Å²) in [6.45, 7) is 0.842. The number of halogens is 2. The molecule has 1 saturated heterocycles. The number of sulfonamides is 1. The van der Waals surface area contributed by atoms with Crippen LogP contribution in [0.5, 0.6) is 0 Å². The molecule has 0 aliphatic carbocycles. The van der Waals surface area contributed by atoms with Crippen LogP contribution < -0.4 is 4.72 Å². The topological polar surface area (TPSA) is 87.5 Å². The van der Waals surface area contributed by atoms with Gasteiger partial charge in [-0.2, -0.15) is 5.10 Å². The second-order valence-corrected chi connectivity index (χ2v) is 8.24. The van der Waals surface area contributed by atoms with Crippen LogP contribution in [-0.2, 0) is 16.6 Å². The molecule has 0 radical (unpaired) electrons. The highest BCUT2D eigenvalue weighted by atomic mass is 32.2. The summed E-state index contributed by atoms with van der Waals surface area (Å²) >= 11 is 0. The number of rotatable bonds is 6. The Morgan fingerprint density at radius 2 is 2.12 bits per heavy atom. The number of aliphatic hydroxyl groups excluding tert-OH is 1. The fourth-order valence-corrected chi connectivity index (χ4v) is 3.74. The van der Waals surface area contributed by atoms with Crippen LogP contribution in [0.4, 0.5) is 14.5 Å². The lowest BCUT2D eigenvalue weighted by Crippen LogP contribution is -2.31. The molecule has 0 spiro atoms.